The van der Waals surface area contributed by atoms with Crippen LogP contribution >= 0.6 is 27.3 Å². The van der Waals surface area contributed by atoms with Gasteiger partial charge in [0.15, 0.2) is 0 Å². The molecule has 3 nitrogen and oxygen atoms in total. The lowest BCUT2D eigenvalue weighted by atomic mass is 10.6. The molecule has 0 aromatic carbocycles. The molecule has 0 amide bonds. The molecular weight excluding hydrogens is 262 g/mol. The fourth-order valence-corrected chi connectivity index (χ4v) is 3.55. The zero-order valence-electron chi connectivity index (χ0n) is 6.61. The van der Waals surface area contributed by atoms with Crippen molar-refractivity contribution in [2.75, 3.05) is 0 Å². The second-order valence-electron chi connectivity index (χ2n) is 2.53. The molecule has 0 aliphatic rings. The number of halogens is 1. The Hall–Kier alpha value is 0.0600. The SMILES string of the molecule is CC(C)S(=O)(=O)c1nc(Br)cs1. The highest BCUT2D eigenvalue weighted by molar-refractivity contribution is 9.10. The molecule has 0 unspecified atom stereocenters. The summed E-state index contributed by atoms with van der Waals surface area (Å²) >= 11 is 4.25. The molecule has 6 heteroatoms. The first-order valence-electron chi connectivity index (χ1n) is 3.29. The molecule has 0 radical (unpaired) electrons. The predicted octanol–water partition coefficient (Wildman–Crippen LogP) is 2.09. The molecule has 1 aromatic rings. The first-order chi connectivity index (χ1) is 5.44. The maximum absolute atomic E-state index is 11.5. The summed E-state index contributed by atoms with van der Waals surface area (Å²) in [6.07, 6.45) is 0. The second-order valence-corrected chi connectivity index (χ2v) is 6.88. The molecule has 0 saturated carbocycles. The normalized spacial score (nSPS) is 12.3. The number of nitrogens with zero attached hydrogens (tertiary/aromatic N) is 1. The van der Waals surface area contributed by atoms with E-state index in [4.69, 9.17) is 0 Å². The minimum absolute atomic E-state index is 0.185. The number of sulfone groups is 1. The molecule has 1 aromatic heterocycles. The Bertz CT molecular complexity index is 369. The highest BCUT2D eigenvalue weighted by Crippen LogP contribution is 2.22. The maximum atomic E-state index is 11.5. The molecular formula is C6H8BrNO2S2. The molecule has 0 aliphatic carbocycles. The Morgan fingerprint density at radius 2 is 2.17 bits per heavy atom. The molecule has 0 saturated heterocycles. The van der Waals surface area contributed by atoms with Crippen molar-refractivity contribution < 1.29 is 8.42 Å². The van der Waals surface area contributed by atoms with Crippen LogP contribution < -0.4 is 0 Å². The van der Waals surface area contributed by atoms with Crippen LogP contribution in [-0.4, -0.2) is 18.7 Å². The number of hydrogen-bond donors (Lipinski definition) is 0. The maximum Gasteiger partial charge on any atom is 0.210 e. The van der Waals surface area contributed by atoms with Gasteiger partial charge in [0, 0.05) is 5.38 Å². The highest BCUT2D eigenvalue weighted by Gasteiger charge is 2.22. The van der Waals surface area contributed by atoms with Gasteiger partial charge in [-0.3, -0.25) is 0 Å². The predicted molar refractivity (Wildman–Crippen MR) is 52.1 cm³/mol. The molecule has 1 rings (SSSR count). The van der Waals surface area contributed by atoms with Crippen LogP contribution in [-0.2, 0) is 9.84 Å². The summed E-state index contributed by atoms with van der Waals surface area (Å²) in [4.78, 5) is 3.85. The van der Waals surface area contributed by atoms with Gasteiger partial charge in [0.2, 0.25) is 14.2 Å². The van der Waals surface area contributed by atoms with E-state index in [1.807, 2.05) is 0 Å². The van der Waals surface area contributed by atoms with Crippen LogP contribution in [0, 0.1) is 0 Å². The third-order valence-corrected chi connectivity index (χ3v) is 5.47. The van der Waals surface area contributed by atoms with Crippen molar-refractivity contribution in [2.24, 2.45) is 0 Å². The van der Waals surface area contributed by atoms with Gasteiger partial charge in [-0.15, -0.1) is 11.3 Å². The van der Waals surface area contributed by atoms with Gasteiger partial charge in [-0.1, -0.05) is 0 Å². The summed E-state index contributed by atoms with van der Waals surface area (Å²) in [5.41, 5.74) is 0. The van der Waals surface area contributed by atoms with Crippen molar-refractivity contribution >= 4 is 37.1 Å². The van der Waals surface area contributed by atoms with E-state index in [-0.39, 0.29) is 4.34 Å². The lowest BCUT2D eigenvalue weighted by molar-refractivity contribution is 0.586. The summed E-state index contributed by atoms with van der Waals surface area (Å²) in [6.45, 7) is 3.29. The van der Waals surface area contributed by atoms with Crippen molar-refractivity contribution in [3.63, 3.8) is 0 Å². The molecule has 0 aliphatic heterocycles. The molecule has 1 heterocycles. The Kier molecular flexibility index (Phi) is 2.90. The van der Waals surface area contributed by atoms with Crippen molar-refractivity contribution in [1.82, 2.24) is 4.98 Å². The molecule has 0 fully saturated rings. The van der Waals surface area contributed by atoms with E-state index in [1.165, 1.54) is 0 Å². The topological polar surface area (TPSA) is 47.0 Å². The smallest absolute Gasteiger partial charge is 0.210 e. The highest BCUT2D eigenvalue weighted by atomic mass is 79.9. The van der Waals surface area contributed by atoms with Crippen molar-refractivity contribution in [1.29, 1.82) is 0 Å². The minimum atomic E-state index is -3.18. The van der Waals surface area contributed by atoms with E-state index < -0.39 is 15.1 Å². The first-order valence-corrected chi connectivity index (χ1v) is 6.51. The zero-order valence-corrected chi connectivity index (χ0v) is 9.83. The molecule has 0 atom stereocenters. The second kappa shape index (κ2) is 3.43. The largest absolute Gasteiger partial charge is 0.221 e. The third kappa shape index (κ3) is 1.86. The molecule has 68 valence electrons. The molecule has 0 N–H and O–H groups in total. The van der Waals surface area contributed by atoms with Gasteiger partial charge in [0.1, 0.15) is 4.60 Å². The van der Waals surface area contributed by atoms with Crippen LogP contribution in [0.3, 0.4) is 0 Å². The van der Waals surface area contributed by atoms with Crippen LogP contribution in [0.5, 0.6) is 0 Å². The van der Waals surface area contributed by atoms with E-state index in [0.29, 0.717) is 4.60 Å². The summed E-state index contributed by atoms with van der Waals surface area (Å²) in [5.74, 6) is 0. The Morgan fingerprint density at radius 3 is 2.50 bits per heavy atom. The Labute approximate surface area is 83.9 Å². The Balaban J connectivity index is 3.15. The number of hydrogen-bond acceptors (Lipinski definition) is 4. The molecule has 0 bridgehead atoms. The number of aromatic nitrogens is 1. The summed E-state index contributed by atoms with van der Waals surface area (Å²) < 4.78 is 23.7. The fourth-order valence-electron chi connectivity index (χ4n) is 0.571. The number of thiazole rings is 1. The zero-order chi connectivity index (χ0) is 9.35. The average molecular weight is 270 g/mol. The molecule has 0 spiro atoms. The molecule has 12 heavy (non-hydrogen) atoms. The summed E-state index contributed by atoms with van der Waals surface area (Å²) in [7, 11) is -3.18. The van der Waals surface area contributed by atoms with Gasteiger partial charge in [-0.25, -0.2) is 13.4 Å². The number of rotatable bonds is 2. The first kappa shape index (κ1) is 10.1. The van der Waals surface area contributed by atoms with Gasteiger partial charge in [-0.2, -0.15) is 0 Å². The van der Waals surface area contributed by atoms with Crippen molar-refractivity contribution in [3.8, 4) is 0 Å². The standard InChI is InChI=1S/C6H8BrNO2S2/c1-4(2)12(9,10)6-8-5(7)3-11-6/h3-4H,1-2H3. The third-order valence-electron chi connectivity index (χ3n) is 1.32. The van der Waals surface area contributed by atoms with E-state index in [1.54, 1.807) is 19.2 Å². The summed E-state index contributed by atoms with van der Waals surface area (Å²) in [6, 6.07) is 0. The lowest BCUT2D eigenvalue weighted by Crippen LogP contribution is -2.13. The van der Waals surface area contributed by atoms with Gasteiger partial charge >= 0.3 is 0 Å². The van der Waals surface area contributed by atoms with Crippen LogP contribution in [0.2, 0.25) is 0 Å². The monoisotopic (exact) mass is 269 g/mol. The van der Waals surface area contributed by atoms with Crippen molar-refractivity contribution in [3.05, 3.63) is 9.98 Å². The van der Waals surface area contributed by atoms with E-state index in [9.17, 15) is 8.42 Å². The van der Waals surface area contributed by atoms with Crippen LogP contribution in [0.4, 0.5) is 0 Å². The lowest BCUT2D eigenvalue weighted by Gasteiger charge is -2.01. The Morgan fingerprint density at radius 1 is 1.58 bits per heavy atom. The quantitative estimate of drug-likeness (QED) is 0.826. The van der Waals surface area contributed by atoms with Gasteiger partial charge in [0.25, 0.3) is 0 Å². The van der Waals surface area contributed by atoms with Gasteiger partial charge in [0.05, 0.1) is 5.25 Å². The van der Waals surface area contributed by atoms with Gasteiger partial charge < -0.3 is 0 Å². The van der Waals surface area contributed by atoms with Crippen LogP contribution in [0.25, 0.3) is 0 Å². The van der Waals surface area contributed by atoms with Crippen LogP contribution in [0.1, 0.15) is 13.8 Å². The van der Waals surface area contributed by atoms with Crippen molar-refractivity contribution in [2.45, 2.75) is 23.4 Å². The van der Waals surface area contributed by atoms with Gasteiger partial charge in [-0.05, 0) is 29.8 Å². The summed E-state index contributed by atoms with van der Waals surface area (Å²) in [5, 5.41) is 1.26. The van der Waals surface area contributed by atoms with Crippen LogP contribution in [0.15, 0.2) is 14.3 Å². The van der Waals surface area contributed by atoms with E-state index in [0.717, 1.165) is 11.3 Å². The minimum Gasteiger partial charge on any atom is -0.221 e. The van der Waals surface area contributed by atoms with E-state index in [2.05, 4.69) is 20.9 Å². The fraction of sp³-hybridized carbons (Fsp3) is 0.500. The average Bonchev–Trinajstić information content (AvgIpc) is 2.35. The van der Waals surface area contributed by atoms with E-state index >= 15 is 0 Å².